The zero-order chi connectivity index (χ0) is 21.5. The molecule has 2 heterocycles. The summed E-state index contributed by atoms with van der Waals surface area (Å²) in [5.41, 5.74) is 0.483. The number of aromatic amines is 1. The number of sulfonamides is 1. The third-order valence-electron chi connectivity index (χ3n) is 4.23. The van der Waals surface area contributed by atoms with Crippen molar-refractivity contribution >= 4 is 20.9 Å². The fourth-order valence-electron chi connectivity index (χ4n) is 2.90. The van der Waals surface area contributed by atoms with Crippen LogP contribution in [0, 0.1) is 0 Å². The van der Waals surface area contributed by atoms with Crippen molar-refractivity contribution in [2.75, 3.05) is 0 Å². The average Bonchev–Trinajstić information content (AvgIpc) is 3.18. The second-order valence-electron chi connectivity index (χ2n) is 6.29. The average molecular weight is 434 g/mol. The van der Waals surface area contributed by atoms with E-state index in [9.17, 15) is 21.6 Å². The predicted molar refractivity (Wildman–Crippen MR) is 102 cm³/mol. The molecule has 30 heavy (non-hydrogen) atoms. The number of primary sulfonamides is 1. The van der Waals surface area contributed by atoms with Crippen LogP contribution in [0.1, 0.15) is 5.56 Å². The lowest BCUT2D eigenvalue weighted by molar-refractivity contribution is -0.137. The molecule has 0 saturated carbocycles. The van der Waals surface area contributed by atoms with E-state index in [0.717, 1.165) is 12.1 Å². The van der Waals surface area contributed by atoms with Gasteiger partial charge in [-0.25, -0.2) is 18.5 Å². The SMILES string of the molecule is NS(=O)(=O)c1ncc(-c2ccc(Oc3cccc(C(F)(F)F)c3)c3cccnc23)[nH]1. The highest BCUT2D eigenvalue weighted by Gasteiger charge is 2.30. The van der Waals surface area contributed by atoms with E-state index in [1.165, 1.54) is 24.5 Å². The Morgan fingerprint density at radius 1 is 1.03 bits per heavy atom. The lowest BCUT2D eigenvalue weighted by atomic mass is 10.1. The number of benzene rings is 2. The first kappa shape index (κ1) is 19.9. The minimum atomic E-state index is -4.49. The maximum Gasteiger partial charge on any atom is 0.416 e. The number of H-pyrrole nitrogens is 1. The number of nitrogens with zero attached hydrogens (tertiary/aromatic N) is 2. The number of halogens is 3. The van der Waals surface area contributed by atoms with Gasteiger partial charge in [0, 0.05) is 17.1 Å². The number of pyridine rings is 1. The van der Waals surface area contributed by atoms with Gasteiger partial charge in [0.15, 0.2) is 0 Å². The van der Waals surface area contributed by atoms with E-state index < -0.39 is 26.9 Å². The van der Waals surface area contributed by atoms with Gasteiger partial charge < -0.3 is 9.72 Å². The lowest BCUT2D eigenvalue weighted by Gasteiger charge is -2.13. The maximum atomic E-state index is 13.0. The zero-order valence-corrected chi connectivity index (χ0v) is 15.8. The molecule has 2 aromatic heterocycles. The van der Waals surface area contributed by atoms with Crippen molar-refractivity contribution in [3.63, 3.8) is 0 Å². The molecule has 0 bridgehead atoms. The number of fused-ring (bicyclic) bond motifs is 1. The second kappa shape index (κ2) is 7.11. The van der Waals surface area contributed by atoms with Gasteiger partial charge in [-0.3, -0.25) is 4.98 Å². The van der Waals surface area contributed by atoms with Crippen LogP contribution in [0.25, 0.3) is 22.2 Å². The van der Waals surface area contributed by atoms with Gasteiger partial charge in [-0.05, 0) is 42.5 Å². The molecule has 0 aliphatic rings. The Bertz CT molecular complexity index is 1350. The molecule has 7 nitrogen and oxygen atoms in total. The van der Waals surface area contributed by atoms with E-state index in [2.05, 4.69) is 15.0 Å². The Balaban J connectivity index is 1.78. The molecule has 4 aromatic rings. The van der Waals surface area contributed by atoms with Crippen molar-refractivity contribution in [3.8, 4) is 22.8 Å². The van der Waals surface area contributed by atoms with Crippen LogP contribution in [0.2, 0.25) is 0 Å². The molecule has 0 spiro atoms. The summed E-state index contributed by atoms with van der Waals surface area (Å²) in [6.07, 6.45) is -1.66. The largest absolute Gasteiger partial charge is 0.457 e. The van der Waals surface area contributed by atoms with E-state index in [4.69, 9.17) is 9.88 Å². The van der Waals surface area contributed by atoms with Gasteiger partial charge >= 0.3 is 6.18 Å². The fourth-order valence-corrected chi connectivity index (χ4v) is 3.35. The fraction of sp³-hybridized carbons (Fsp3) is 0.0526. The molecule has 0 fully saturated rings. The molecule has 0 unspecified atom stereocenters. The molecule has 0 aliphatic carbocycles. The molecule has 2 aromatic carbocycles. The standard InChI is InChI=1S/C19H13F3N4O3S/c20-19(21,22)11-3-1-4-12(9-11)29-16-7-6-13(17-14(16)5-2-8-24-17)15-10-25-18(26-15)30(23,27)28/h1-10H,(H,25,26)(H2,23,27,28). The molecule has 11 heteroatoms. The maximum absolute atomic E-state index is 13.0. The third-order valence-corrected chi connectivity index (χ3v) is 4.98. The van der Waals surface area contributed by atoms with Crippen LogP contribution in [-0.4, -0.2) is 23.4 Å². The van der Waals surface area contributed by atoms with Crippen LogP contribution in [0.3, 0.4) is 0 Å². The van der Waals surface area contributed by atoms with Crippen molar-refractivity contribution in [3.05, 3.63) is 66.5 Å². The number of aromatic nitrogens is 3. The van der Waals surface area contributed by atoms with Gasteiger partial charge in [-0.1, -0.05) is 6.07 Å². The van der Waals surface area contributed by atoms with Gasteiger partial charge in [-0.15, -0.1) is 0 Å². The first-order valence-corrected chi connectivity index (χ1v) is 9.98. The summed E-state index contributed by atoms with van der Waals surface area (Å²) in [4.78, 5) is 10.7. The number of hydrogen-bond donors (Lipinski definition) is 2. The van der Waals surface area contributed by atoms with Gasteiger partial charge in [0.25, 0.3) is 10.0 Å². The van der Waals surface area contributed by atoms with Crippen molar-refractivity contribution in [1.29, 1.82) is 0 Å². The van der Waals surface area contributed by atoms with Crippen LogP contribution in [-0.2, 0) is 16.2 Å². The lowest BCUT2D eigenvalue weighted by Crippen LogP contribution is -2.13. The molecule has 3 N–H and O–H groups in total. The van der Waals surface area contributed by atoms with E-state index in [1.54, 1.807) is 24.3 Å². The minimum absolute atomic E-state index is 0.0146. The Hall–Kier alpha value is -3.44. The van der Waals surface area contributed by atoms with E-state index in [0.29, 0.717) is 22.2 Å². The number of alkyl halides is 3. The highest BCUT2D eigenvalue weighted by atomic mass is 32.2. The Labute approximate surface area is 168 Å². The Morgan fingerprint density at radius 2 is 1.83 bits per heavy atom. The number of ether oxygens (including phenoxy) is 1. The van der Waals surface area contributed by atoms with Crippen molar-refractivity contribution in [1.82, 2.24) is 15.0 Å². The molecular formula is C19H13F3N4O3S. The molecule has 0 atom stereocenters. The molecule has 4 rings (SSSR count). The van der Waals surface area contributed by atoms with Crippen LogP contribution < -0.4 is 9.88 Å². The smallest absolute Gasteiger partial charge is 0.416 e. The minimum Gasteiger partial charge on any atom is -0.457 e. The number of hydrogen-bond acceptors (Lipinski definition) is 5. The molecule has 0 aliphatic heterocycles. The quantitative estimate of drug-likeness (QED) is 0.503. The van der Waals surface area contributed by atoms with Crippen molar-refractivity contribution < 1.29 is 26.3 Å². The number of nitrogens with two attached hydrogens (primary N) is 1. The Morgan fingerprint density at radius 3 is 2.53 bits per heavy atom. The van der Waals surface area contributed by atoms with E-state index in [-0.39, 0.29) is 11.5 Å². The first-order chi connectivity index (χ1) is 14.1. The van der Waals surface area contributed by atoms with Gasteiger partial charge in [0.2, 0.25) is 5.16 Å². The molecule has 154 valence electrons. The number of imidazole rings is 1. The van der Waals surface area contributed by atoms with Crippen molar-refractivity contribution in [2.24, 2.45) is 5.14 Å². The number of nitrogens with one attached hydrogen (secondary N) is 1. The normalized spacial score (nSPS) is 12.3. The monoisotopic (exact) mass is 434 g/mol. The summed E-state index contributed by atoms with van der Waals surface area (Å²) in [6.45, 7) is 0. The summed E-state index contributed by atoms with van der Waals surface area (Å²) in [6, 6.07) is 11.0. The van der Waals surface area contributed by atoms with E-state index in [1.807, 2.05) is 0 Å². The third kappa shape index (κ3) is 3.84. The highest BCUT2D eigenvalue weighted by molar-refractivity contribution is 7.89. The van der Waals surface area contributed by atoms with E-state index >= 15 is 0 Å². The molecule has 0 amide bonds. The van der Waals surface area contributed by atoms with Crippen LogP contribution in [0.15, 0.2) is 66.1 Å². The van der Waals surface area contributed by atoms with Gasteiger partial charge in [0.1, 0.15) is 11.5 Å². The summed E-state index contributed by atoms with van der Waals surface area (Å²) in [7, 11) is -4.01. The second-order valence-corrected chi connectivity index (χ2v) is 7.76. The zero-order valence-electron chi connectivity index (χ0n) is 15.0. The summed E-state index contributed by atoms with van der Waals surface area (Å²) >= 11 is 0. The van der Waals surface area contributed by atoms with Gasteiger partial charge in [0.05, 0.1) is 23.0 Å². The highest BCUT2D eigenvalue weighted by Crippen LogP contribution is 2.37. The predicted octanol–water partition coefficient (Wildman–Crippen LogP) is 4.08. The van der Waals surface area contributed by atoms with Crippen molar-refractivity contribution in [2.45, 2.75) is 11.3 Å². The summed E-state index contributed by atoms with van der Waals surface area (Å²) in [5.74, 6) is 0.299. The molecule has 0 saturated heterocycles. The van der Waals surface area contributed by atoms with Gasteiger partial charge in [-0.2, -0.15) is 13.2 Å². The summed E-state index contributed by atoms with van der Waals surface area (Å²) in [5, 5.41) is 5.19. The molecule has 0 radical (unpaired) electrons. The van der Waals surface area contributed by atoms with Crippen LogP contribution in [0.5, 0.6) is 11.5 Å². The first-order valence-electron chi connectivity index (χ1n) is 8.44. The van der Waals surface area contributed by atoms with Crippen LogP contribution >= 0.6 is 0 Å². The van der Waals surface area contributed by atoms with Crippen LogP contribution in [0.4, 0.5) is 13.2 Å². The number of rotatable bonds is 4. The summed E-state index contributed by atoms with van der Waals surface area (Å²) < 4.78 is 67.5. The topological polar surface area (TPSA) is 111 Å². The Kier molecular flexibility index (Phi) is 4.71. The molecular weight excluding hydrogens is 421 g/mol.